The third-order valence-electron chi connectivity index (χ3n) is 4.57. The molecule has 160 valence electrons. The number of rotatable bonds is 7. The number of methoxy groups -OCH3 is 1. The first-order valence-electron chi connectivity index (χ1n) is 9.49. The monoisotopic (exact) mass is 423 g/mol. The Morgan fingerprint density at radius 1 is 1.03 bits per heavy atom. The van der Waals surface area contributed by atoms with Crippen molar-refractivity contribution in [1.29, 1.82) is 0 Å². The molecule has 0 radical (unpaired) electrons. The first kappa shape index (κ1) is 21.6. The van der Waals surface area contributed by atoms with E-state index in [0.717, 1.165) is 22.4 Å². The van der Waals surface area contributed by atoms with Crippen molar-refractivity contribution >= 4 is 28.3 Å². The predicted octanol–water partition coefficient (Wildman–Crippen LogP) is 3.16. The number of benzene rings is 3. The van der Waals surface area contributed by atoms with Crippen LogP contribution < -0.4 is 20.3 Å². The number of nitro benzene ring substituents is 1. The van der Waals surface area contributed by atoms with Gasteiger partial charge in [0.25, 0.3) is 11.6 Å². The van der Waals surface area contributed by atoms with Crippen LogP contribution in [0.15, 0.2) is 54.6 Å². The SMILES string of the molecule is CCOc1cc(C(=O)NNC(=O)Cc2cccc3ccccc23)c([N+](=O)[O-])cc1OC. The molecule has 0 aliphatic rings. The summed E-state index contributed by atoms with van der Waals surface area (Å²) in [6.45, 7) is 2.01. The van der Waals surface area contributed by atoms with Crippen LogP contribution in [-0.4, -0.2) is 30.5 Å². The average molecular weight is 423 g/mol. The van der Waals surface area contributed by atoms with E-state index in [2.05, 4.69) is 10.9 Å². The van der Waals surface area contributed by atoms with Crippen molar-refractivity contribution in [3.8, 4) is 11.5 Å². The molecular weight excluding hydrogens is 402 g/mol. The number of ether oxygens (including phenoxy) is 2. The Bertz CT molecular complexity index is 1140. The van der Waals surface area contributed by atoms with Gasteiger partial charge in [0.15, 0.2) is 11.5 Å². The van der Waals surface area contributed by atoms with E-state index < -0.39 is 22.4 Å². The molecule has 9 heteroatoms. The molecule has 0 aliphatic carbocycles. The number of carbonyl (C=O) groups excluding carboxylic acids is 2. The average Bonchev–Trinajstić information content (AvgIpc) is 2.77. The fourth-order valence-electron chi connectivity index (χ4n) is 3.17. The number of nitro groups is 1. The van der Waals surface area contributed by atoms with Crippen molar-refractivity contribution in [3.05, 3.63) is 75.8 Å². The number of amides is 2. The summed E-state index contributed by atoms with van der Waals surface area (Å²) in [6.07, 6.45) is 0.0243. The van der Waals surface area contributed by atoms with Gasteiger partial charge in [0.05, 0.1) is 31.1 Å². The van der Waals surface area contributed by atoms with E-state index in [9.17, 15) is 19.7 Å². The highest BCUT2D eigenvalue weighted by Crippen LogP contribution is 2.34. The van der Waals surface area contributed by atoms with Gasteiger partial charge in [0, 0.05) is 6.07 Å². The predicted molar refractivity (Wildman–Crippen MR) is 114 cm³/mol. The lowest BCUT2D eigenvalue weighted by Gasteiger charge is -2.13. The van der Waals surface area contributed by atoms with Gasteiger partial charge in [-0.25, -0.2) is 0 Å². The zero-order valence-corrected chi connectivity index (χ0v) is 17.0. The van der Waals surface area contributed by atoms with Gasteiger partial charge in [-0.2, -0.15) is 0 Å². The maximum Gasteiger partial charge on any atom is 0.286 e. The molecule has 0 aliphatic heterocycles. The maximum atomic E-state index is 12.6. The Hall–Kier alpha value is -4.14. The molecule has 0 saturated heterocycles. The number of hydrogen-bond acceptors (Lipinski definition) is 6. The number of hydrazine groups is 1. The third kappa shape index (κ3) is 4.89. The molecule has 2 N–H and O–H groups in total. The van der Waals surface area contributed by atoms with Crippen LogP contribution in [0.4, 0.5) is 5.69 Å². The Morgan fingerprint density at radius 2 is 1.77 bits per heavy atom. The van der Waals surface area contributed by atoms with Gasteiger partial charge in [-0.05, 0) is 23.3 Å². The molecule has 0 bridgehead atoms. The Morgan fingerprint density at radius 3 is 2.48 bits per heavy atom. The molecule has 0 spiro atoms. The molecule has 0 saturated carbocycles. The molecule has 31 heavy (non-hydrogen) atoms. The van der Waals surface area contributed by atoms with Gasteiger partial charge in [0.2, 0.25) is 5.91 Å². The standard InChI is InChI=1S/C22H21N3O6/c1-3-31-20-12-17(18(25(28)29)13-19(20)30-2)22(27)24-23-21(26)11-15-9-6-8-14-7-4-5-10-16(14)15/h4-10,12-13H,3,11H2,1-2H3,(H,23,26)(H,24,27). The lowest BCUT2D eigenvalue weighted by Crippen LogP contribution is -2.42. The second-order valence-electron chi connectivity index (χ2n) is 6.53. The number of nitrogens with zero attached hydrogens (tertiary/aromatic N) is 1. The van der Waals surface area contributed by atoms with Crippen LogP contribution in [0.25, 0.3) is 10.8 Å². The van der Waals surface area contributed by atoms with Crippen molar-refractivity contribution in [1.82, 2.24) is 10.9 Å². The van der Waals surface area contributed by atoms with E-state index >= 15 is 0 Å². The largest absolute Gasteiger partial charge is 0.493 e. The zero-order valence-electron chi connectivity index (χ0n) is 17.0. The number of hydrogen-bond donors (Lipinski definition) is 2. The van der Waals surface area contributed by atoms with Crippen LogP contribution in [0.2, 0.25) is 0 Å². The molecule has 3 aromatic rings. The van der Waals surface area contributed by atoms with Crippen molar-refractivity contribution in [2.75, 3.05) is 13.7 Å². The molecule has 0 heterocycles. The molecule has 3 aromatic carbocycles. The van der Waals surface area contributed by atoms with Gasteiger partial charge in [-0.15, -0.1) is 0 Å². The van der Waals surface area contributed by atoms with Gasteiger partial charge < -0.3 is 9.47 Å². The van der Waals surface area contributed by atoms with E-state index in [0.29, 0.717) is 0 Å². The molecule has 0 fully saturated rings. The van der Waals surface area contributed by atoms with Crippen molar-refractivity contribution < 1.29 is 24.0 Å². The van der Waals surface area contributed by atoms with Crippen molar-refractivity contribution in [2.45, 2.75) is 13.3 Å². The lowest BCUT2D eigenvalue weighted by molar-refractivity contribution is -0.385. The number of carbonyl (C=O) groups is 2. The minimum Gasteiger partial charge on any atom is -0.493 e. The van der Waals surface area contributed by atoms with Crippen molar-refractivity contribution in [3.63, 3.8) is 0 Å². The summed E-state index contributed by atoms with van der Waals surface area (Å²) >= 11 is 0. The van der Waals surface area contributed by atoms with E-state index in [1.54, 1.807) is 6.92 Å². The van der Waals surface area contributed by atoms with E-state index in [1.807, 2.05) is 42.5 Å². The molecule has 3 rings (SSSR count). The summed E-state index contributed by atoms with van der Waals surface area (Å²) in [7, 11) is 1.34. The van der Waals surface area contributed by atoms with Gasteiger partial charge >= 0.3 is 0 Å². The van der Waals surface area contributed by atoms with Crippen LogP contribution >= 0.6 is 0 Å². The smallest absolute Gasteiger partial charge is 0.286 e. The Kier molecular flexibility index (Phi) is 6.66. The first-order valence-corrected chi connectivity index (χ1v) is 9.49. The highest BCUT2D eigenvalue weighted by atomic mass is 16.6. The van der Waals surface area contributed by atoms with E-state index in [1.165, 1.54) is 13.2 Å². The first-order chi connectivity index (χ1) is 14.9. The maximum absolute atomic E-state index is 12.6. The van der Waals surface area contributed by atoms with Crippen LogP contribution in [0.3, 0.4) is 0 Å². The summed E-state index contributed by atoms with van der Waals surface area (Å²) in [5, 5.41) is 13.3. The highest BCUT2D eigenvalue weighted by molar-refractivity contribution is 6.00. The fourth-order valence-corrected chi connectivity index (χ4v) is 3.17. The second kappa shape index (κ2) is 9.57. The molecule has 0 atom stereocenters. The number of fused-ring (bicyclic) bond motifs is 1. The minimum absolute atomic E-state index is 0.0243. The number of nitrogens with one attached hydrogen (secondary N) is 2. The van der Waals surface area contributed by atoms with E-state index in [-0.39, 0.29) is 30.1 Å². The summed E-state index contributed by atoms with van der Waals surface area (Å²) in [6, 6.07) is 15.6. The fraction of sp³-hybridized carbons (Fsp3) is 0.182. The third-order valence-corrected chi connectivity index (χ3v) is 4.57. The molecular formula is C22H21N3O6. The Labute approximate surface area is 178 Å². The van der Waals surface area contributed by atoms with Gasteiger partial charge in [-0.1, -0.05) is 42.5 Å². The second-order valence-corrected chi connectivity index (χ2v) is 6.53. The highest BCUT2D eigenvalue weighted by Gasteiger charge is 2.25. The van der Waals surface area contributed by atoms with Gasteiger partial charge in [0.1, 0.15) is 5.56 Å². The molecule has 0 unspecified atom stereocenters. The molecule has 0 aromatic heterocycles. The lowest BCUT2D eigenvalue weighted by atomic mass is 10.0. The van der Waals surface area contributed by atoms with Gasteiger partial charge in [-0.3, -0.25) is 30.6 Å². The van der Waals surface area contributed by atoms with Crippen LogP contribution in [0, 0.1) is 10.1 Å². The topological polar surface area (TPSA) is 120 Å². The van der Waals surface area contributed by atoms with Crippen molar-refractivity contribution in [2.24, 2.45) is 0 Å². The Balaban J connectivity index is 1.76. The minimum atomic E-state index is -0.846. The summed E-state index contributed by atoms with van der Waals surface area (Å²) in [5.74, 6) is -1.000. The zero-order chi connectivity index (χ0) is 22.4. The quantitative estimate of drug-likeness (QED) is 0.445. The molecule has 9 nitrogen and oxygen atoms in total. The van der Waals surface area contributed by atoms with E-state index in [4.69, 9.17) is 9.47 Å². The normalized spacial score (nSPS) is 10.4. The van der Waals surface area contributed by atoms with Crippen LogP contribution in [0.5, 0.6) is 11.5 Å². The summed E-state index contributed by atoms with van der Waals surface area (Å²) in [5.41, 5.74) is 4.59. The van der Waals surface area contributed by atoms with Crippen LogP contribution in [0.1, 0.15) is 22.8 Å². The summed E-state index contributed by atoms with van der Waals surface area (Å²) < 4.78 is 10.5. The molecule has 2 amide bonds. The van der Waals surface area contributed by atoms with Crippen LogP contribution in [-0.2, 0) is 11.2 Å². The summed E-state index contributed by atoms with van der Waals surface area (Å²) in [4.78, 5) is 35.7.